The van der Waals surface area contributed by atoms with Gasteiger partial charge in [0.15, 0.2) is 0 Å². The number of nitrogens with two attached hydrogens (primary N) is 1. The van der Waals surface area contributed by atoms with E-state index in [4.69, 9.17) is 5.73 Å². The molecule has 1 atom stereocenters. The Balaban J connectivity index is 0.00000192. The number of aromatic nitrogens is 2. The molecular weight excluding hydrogens is 380 g/mol. The fraction of sp³-hybridized carbons (Fsp3) is 0.375. The van der Waals surface area contributed by atoms with Gasteiger partial charge in [0, 0.05) is 29.8 Å². The molecule has 1 amide bonds. The summed E-state index contributed by atoms with van der Waals surface area (Å²) in [5, 5.41) is 4.31. The van der Waals surface area contributed by atoms with Crippen LogP contribution in [0, 0.1) is 0 Å². The topological polar surface area (TPSA) is 64.2 Å². The SMILES string of the molecule is Cl.NCC1CCCCN1C(=O)c1cnn(-c2cccc(Br)c2)c1. The van der Waals surface area contributed by atoms with Gasteiger partial charge < -0.3 is 10.6 Å². The molecule has 1 unspecified atom stereocenters. The van der Waals surface area contributed by atoms with E-state index in [0.29, 0.717) is 12.1 Å². The monoisotopic (exact) mass is 398 g/mol. The fourth-order valence-electron chi connectivity index (χ4n) is 2.87. The summed E-state index contributed by atoms with van der Waals surface area (Å²) in [6.07, 6.45) is 6.59. The number of carbonyl (C=O) groups is 1. The van der Waals surface area contributed by atoms with Crippen molar-refractivity contribution < 1.29 is 4.79 Å². The summed E-state index contributed by atoms with van der Waals surface area (Å²) in [5.41, 5.74) is 7.33. The Morgan fingerprint density at radius 3 is 2.96 bits per heavy atom. The third kappa shape index (κ3) is 3.94. The first-order valence-electron chi connectivity index (χ1n) is 7.50. The van der Waals surface area contributed by atoms with E-state index in [1.165, 1.54) is 0 Å². The molecule has 2 aromatic rings. The quantitative estimate of drug-likeness (QED) is 0.863. The van der Waals surface area contributed by atoms with Crippen molar-refractivity contribution >= 4 is 34.2 Å². The highest BCUT2D eigenvalue weighted by molar-refractivity contribution is 9.10. The van der Waals surface area contributed by atoms with Crippen LogP contribution in [0.5, 0.6) is 0 Å². The molecule has 0 bridgehead atoms. The van der Waals surface area contributed by atoms with Crippen LogP contribution in [0.1, 0.15) is 29.6 Å². The Kier molecular flexibility index (Phi) is 6.21. The number of amides is 1. The van der Waals surface area contributed by atoms with E-state index in [-0.39, 0.29) is 24.4 Å². The first-order chi connectivity index (χ1) is 10.7. The second kappa shape index (κ2) is 7.95. The number of likely N-dealkylation sites (tertiary alicyclic amines) is 1. The minimum Gasteiger partial charge on any atom is -0.334 e. The van der Waals surface area contributed by atoms with Crippen molar-refractivity contribution in [3.8, 4) is 5.69 Å². The summed E-state index contributed by atoms with van der Waals surface area (Å²) in [4.78, 5) is 14.6. The minimum atomic E-state index is 0. The smallest absolute Gasteiger partial charge is 0.257 e. The normalized spacial score (nSPS) is 17.7. The Morgan fingerprint density at radius 1 is 1.39 bits per heavy atom. The highest BCUT2D eigenvalue weighted by Crippen LogP contribution is 2.20. The van der Waals surface area contributed by atoms with Gasteiger partial charge in [0.2, 0.25) is 0 Å². The fourth-order valence-corrected chi connectivity index (χ4v) is 3.26. The molecule has 124 valence electrons. The molecule has 1 aromatic heterocycles. The highest BCUT2D eigenvalue weighted by Gasteiger charge is 2.27. The molecule has 1 saturated heterocycles. The zero-order chi connectivity index (χ0) is 15.5. The van der Waals surface area contributed by atoms with Crippen molar-refractivity contribution in [2.75, 3.05) is 13.1 Å². The lowest BCUT2D eigenvalue weighted by Crippen LogP contribution is -2.47. The van der Waals surface area contributed by atoms with Crippen LogP contribution in [0.15, 0.2) is 41.1 Å². The molecule has 1 aliphatic heterocycles. The molecule has 0 aliphatic carbocycles. The predicted octanol–water partition coefficient (Wildman–Crippen LogP) is 3.01. The molecule has 1 aliphatic rings. The molecule has 0 saturated carbocycles. The second-order valence-corrected chi connectivity index (χ2v) is 6.45. The first-order valence-corrected chi connectivity index (χ1v) is 8.30. The summed E-state index contributed by atoms with van der Waals surface area (Å²) in [7, 11) is 0. The Bertz CT molecular complexity index is 676. The van der Waals surface area contributed by atoms with E-state index in [0.717, 1.165) is 36.0 Å². The number of hydrogen-bond donors (Lipinski definition) is 1. The first kappa shape index (κ1) is 18.0. The maximum absolute atomic E-state index is 12.7. The number of benzene rings is 1. The number of hydrogen-bond acceptors (Lipinski definition) is 3. The average molecular weight is 400 g/mol. The van der Waals surface area contributed by atoms with Crippen LogP contribution >= 0.6 is 28.3 Å². The van der Waals surface area contributed by atoms with Crippen molar-refractivity contribution in [2.45, 2.75) is 25.3 Å². The predicted molar refractivity (Wildman–Crippen MR) is 96.2 cm³/mol. The van der Waals surface area contributed by atoms with Gasteiger partial charge in [-0.3, -0.25) is 4.79 Å². The number of rotatable bonds is 3. The van der Waals surface area contributed by atoms with Gasteiger partial charge in [-0.2, -0.15) is 5.10 Å². The van der Waals surface area contributed by atoms with Crippen LogP contribution in [0.3, 0.4) is 0 Å². The number of nitrogens with zero attached hydrogens (tertiary/aromatic N) is 3. The molecule has 2 heterocycles. The summed E-state index contributed by atoms with van der Waals surface area (Å²) in [6, 6.07) is 7.96. The average Bonchev–Trinajstić information content (AvgIpc) is 3.04. The van der Waals surface area contributed by atoms with Gasteiger partial charge in [-0.25, -0.2) is 4.68 Å². The third-order valence-corrected chi connectivity index (χ3v) is 4.56. The van der Waals surface area contributed by atoms with Crippen LogP contribution in [0.25, 0.3) is 5.69 Å². The molecule has 1 aromatic carbocycles. The standard InChI is InChI=1S/C16H19BrN4O.ClH/c17-13-4-3-6-14(8-13)21-11-12(10-19-21)16(22)20-7-2-1-5-15(20)9-18;/h3-4,6,8,10-11,15H,1-2,5,7,9,18H2;1H. The number of piperidine rings is 1. The van der Waals surface area contributed by atoms with Crippen molar-refractivity contribution in [3.63, 3.8) is 0 Å². The zero-order valence-electron chi connectivity index (χ0n) is 12.7. The molecule has 23 heavy (non-hydrogen) atoms. The lowest BCUT2D eigenvalue weighted by Gasteiger charge is -2.34. The van der Waals surface area contributed by atoms with Crippen LogP contribution in [-0.2, 0) is 0 Å². The second-order valence-electron chi connectivity index (χ2n) is 5.54. The van der Waals surface area contributed by atoms with Crippen molar-refractivity contribution in [2.24, 2.45) is 5.73 Å². The van der Waals surface area contributed by atoms with Crippen LogP contribution in [0.4, 0.5) is 0 Å². The van der Waals surface area contributed by atoms with Crippen LogP contribution < -0.4 is 5.73 Å². The third-order valence-electron chi connectivity index (χ3n) is 4.06. The highest BCUT2D eigenvalue weighted by atomic mass is 79.9. The maximum atomic E-state index is 12.7. The Labute approximate surface area is 150 Å². The van der Waals surface area contributed by atoms with Gasteiger partial charge in [-0.15, -0.1) is 12.4 Å². The summed E-state index contributed by atoms with van der Waals surface area (Å²) >= 11 is 3.44. The van der Waals surface area contributed by atoms with E-state index in [1.54, 1.807) is 17.1 Å². The van der Waals surface area contributed by atoms with E-state index in [1.807, 2.05) is 29.2 Å². The molecule has 0 spiro atoms. The largest absolute Gasteiger partial charge is 0.334 e. The van der Waals surface area contributed by atoms with E-state index < -0.39 is 0 Å². The molecular formula is C16H20BrClN4O. The van der Waals surface area contributed by atoms with Gasteiger partial charge in [-0.05, 0) is 37.5 Å². The Morgan fingerprint density at radius 2 is 2.22 bits per heavy atom. The molecule has 3 rings (SSSR count). The molecule has 7 heteroatoms. The van der Waals surface area contributed by atoms with Gasteiger partial charge in [0.1, 0.15) is 0 Å². The van der Waals surface area contributed by atoms with E-state index in [2.05, 4.69) is 21.0 Å². The number of halogens is 2. The zero-order valence-corrected chi connectivity index (χ0v) is 15.1. The van der Waals surface area contributed by atoms with Crippen LogP contribution in [0.2, 0.25) is 0 Å². The molecule has 0 radical (unpaired) electrons. The van der Waals surface area contributed by atoms with E-state index in [9.17, 15) is 4.79 Å². The summed E-state index contributed by atoms with van der Waals surface area (Å²) < 4.78 is 2.70. The maximum Gasteiger partial charge on any atom is 0.257 e. The lowest BCUT2D eigenvalue weighted by molar-refractivity contribution is 0.0623. The van der Waals surface area contributed by atoms with E-state index >= 15 is 0 Å². The molecule has 5 nitrogen and oxygen atoms in total. The van der Waals surface area contributed by atoms with Gasteiger partial charge in [0.25, 0.3) is 5.91 Å². The van der Waals surface area contributed by atoms with Gasteiger partial charge in [-0.1, -0.05) is 22.0 Å². The minimum absolute atomic E-state index is 0. The Hall–Kier alpha value is -1.37. The van der Waals surface area contributed by atoms with Gasteiger partial charge in [0.05, 0.1) is 17.4 Å². The van der Waals surface area contributed by atoms with Crippen molar-refractivity contribution in [1.82, 2.24) is 14.7 Å². The summed E-state index contributed by atoms with van der Waals surface area (Å²) in [5.74, 6) is 0.0244. The van der Waals surface area contributed by atoms with Gasteiger partial charge >= 0.3 is 0 Å². The van der Waals surface area contributed by atoms with Crippen molar-refractivity contribution in [1.29, 1.82) is 0 Å². The molecule has 2 N–H and O–H groups in total. The summed E-state index contributed by atoms with van der Waals surface area (Å²) in [6.45, 7) is 1.30. The van der Waals surface area contributed by atoms with Crippen LogP contribution in [-0.4, -0.2) is 39.7 Å². The molecule has 1 fully saturated rings. The lowest BCUT2D eigenvalue weighted by atomic mass is 10.0. The number of carbonyl (C=O) groups excluding carboxylic acids is 1. The van der Waals surface area contributed by atoms with Crippen molar-refractivity contribution in [3.05, 3.63) is 46.7 Å².